The molecule has 104 valence electrons. The number of amides is 1. The largest absolute Gasteiger partial charge is 0.333 e. The Bertz CT molecular complexity index is 464. The average Bonchev–Trinajstić information content (AvgIpc) is 2.87. The van der Waals surface area contributed by atoms with Gasteiger partial charge in [-0.2, -0.15) is 0 Å². The lowest BCUT2D eigenvalue weighted by Gasteiger charge is -2.17. The number of carbonyl (C=O) groups excluding carboxylic acids is 1. The van der Waals surface area contributed by atoms with E-state index >= 15 is 0 Å². The van der Waals surface area contributed by atoms with Crippen molar-refractivity contribution in [2.24, 2.45) is 5.73 Å². The van der Waals surface area contributed by atoms with Crippen molar-refractivity contribution in [3.05, 3.63) is 35.4 Å². The van der Waals surface area contributed by atoms with Gasteiger partial charge in [-0.15, -0.1) is 11.8 Å². The van der Waals surface area contributed by atoms with Gasteiger partial charge in [0.1, 0.15) is 0 Å². The second kappa shape index (κ2) is 6.34. The van der Waals surface area contributed by atoms with E-state index in [1.165, 1.54) is 6.07 Å². The first-order valence-corrected chi connectivity index (χ1v) is 7.27. The Morgan fingerprint density at radius 3 is 2.84 bits per heavy atom. The van der Waals surface area contributed by atoms with Crippen LogP contribution < -0.4 is 5.73 Å². The standard InChI is InChI=1S/C13H16F2N2OS/c14-11-2-1-9(6-12(11)15)5-10(16)7-13(18)17-3-4-19-8-17/h1-2,6,10H,3-5,7-8,16H2/t10-/m1/s1. The quantitative estimate of drug-likeness (QED) is 0.917. The highest BCUT2D eigenvalue weighted by molar-refractivity contribution is 7.99. The van der Waals surface area contributed by atoms with Gasteiger partial charge in [-0.25, -0.2) is 8.78 Å². The van der Waals surface area contributed by atoms with Gasteiger partial charge in [-0.05, 0) is 24.1 Å². The summed E-state index contributed by atoms with van der Waals surface area (Å²) in [6, 6.07) is 3.33. The lowest BCUT2D eigenvalue weighted by molar-refractivity contribution is -0.130. The first kappa shape index (κ1) is 14.3. The molecule has 1 aromatic rings. The third-order valence-electron chi connectivity index (χ3n) is 3.02. The monoisotopic (exact) mass is 286 g/mol. The zero-order chi connectivity index (χ0) is 13.8. The minimum absolute atomic E-state index is 0.0279. The van der Waals surface area contributed by atoms with Crippen LogP contribution in [0.3, 0.4) is 0 Å². The lowest BCUT2D eigenvalue weighted by Crippen LogP contribution is -2.35. The molecule has 3 nitrogen and oxygen atoms in total. The van der Waals surface area contributed by atoms with E-state index in [0.29, 0.717) is 12.0 Å². The number of halogens is 2. The van der Waals surface area contributed by atoms with Crippen LogP contribution >= 0.6 is 11.8 Å². The molecule has 1 atom stereocenters. The first-order valence-electron chi connectivity index (χ1n) is 6.11. The molecule has 2 N–H and O–H groups in total. The minimum Gasteiger partial charge on any atom is -0.333 e. The third kappa shape index (κ3) is 3.91. The molecule has 1 aliphatic heterocycles. The second-order valence-corrected chi connectivity index (χ2v) is 5.69. The summed E-state index contributed by atoms with van der Waals surface area (Å²) in [5.41, 5.74) is 6.50. The van der Waals surface area contributed by atoms with Gasteiger partial charge in [0, 0.05) is 24.8 Å². The van der Waals surface area contributed by atoms with Crippen LogP contribution in [-0.4, -0.2) is 35.0 Å². The van der Waals surface area contributed by atoms with Crippen LogP contribution in [-0.2, 0) is 11.2 Å². The Morgan fingerprint density at radius 1 is 1.42 bits per heavy atom. The van der Waals surface area contributed by atoms with Crippen LogP contribution in [0.15, 0.2) is 18.2 Å². The smallest absolute Gasteiger partial charge is 0.224 e. The van der Waals surface area contributed by atoms with Crippen LogP contribution in [0.25, 0.3) is 0 Å². The Hall–Kier alpha value is -1.14. The average molecular weight is 286 g/mol. The van der Waals surface area contributed by atoms with Crippen LogP contribution in [0.2, 0.25) is 0 Å². The molecule has 6 heteroatoms. The number of rotatable bonds is 4. The molecule has 1 fully saturated rings. The van der Waals surface area contributed by atoms with E-state index in [0.717, 1.165) is 30.3 Å². The van der Waals surface area contributed by atoms with Crippen molar-refractivity contribution >= 4 is 17.7 Å². The molecule has 1 aromatic carbocycles. The molecule has 1 aliphatic rings. The van der Waals surface area contributed by atoms with E-state index in [-0.39, 0.29) is 18.4 Å². The van der Waals surface area contributed by atoms with Crippen molar-refractivity contribution in [1.29, 1.82) is 0 Å². The van der Waals surface area contributed by atoms with Crippen molar-refractivity contribution in [3.63, 3.8) is 0 Å². The maximum atomic E-state index is 13.0. The molecule has 0 unspecified atom stereocenters. The third-order valence-corrected chi connectivity index (χ3v) is 3.99. The fourth-order valence-electron chi connectivity index (χ4n) is 2.01. The highest BCUT2D eigenvalue weighted by atomic mass is 32.2. The van der Waals surface area contributed by atoms with Crippen LogP contribution in [0, 0.1) is 11.6 Å². The molecule has 0 spiro atoms. The molecule has 0 bridgehead atoms. The summed E-state index contributed by atoms with van der Waals surface area (Å²) in [5.74, 6) is -0.0458. The molecular weight excluding hydrogens is 270 g/mol. The summed E-state index contributed by atoms with van der Waals surface area (Å²) in [4.78, 5) is 13.6. The molecule has 0 aromatic heterocycles. The number of hydrogen-bond donors (Lipinski definition) is 1. The van der Waals surface area contributed by atoms with Crippen molar-refractivity contribution in [3.8, 4) is 0 Å². The Kier molecular flexibility index (Phi) is 4.76. The molecule has 1 saturated heterocycles. The van der Waals surface area contributed by atoms with Gasteiger partial charge >= 0.3 is 0 Å². The predicted octanol–water partition coefficient (Wildman–Crippen LogP) is 1.76. The Balaban J connectivity index is 1.87. The van der Waals surface area contributed by atoms with E-state index in [1.807, 2.05) is 0 Å². The fourth-order valence-corrected chi connectivity index (χ4v) is 2.98. The number of thioether (sulfide) groups is 1. The molecular formula is C13H16F2N2OS. The second-order valence-electron chi connectivity index (χ2n) is 4.61. The first-order chi connectivity index (χ1) is 9.06. The number of nitrogens with two attached hydrogens (primary N) is 1. The normalized spacial score (nSPS) is 16.7. The van der Waals surface area contributed by atoms with E-state index in [4.69, 9.17) is 5.73 Å². The fraction of sp³-hybridized carbons (Fsp3) is 0.462. The van der Waals surface area contributed by atoms with Gasteiger partial charge in [0.15, 0.2) is 11.6 Å². The lowest BCUT2D eigenvalue weighted by atomic mass is 10.0. The van der Waals surface area contributed by atoms with Crippen molar-refractivity contribution in [1.82, 2.24) is 4.90 Å². The van der Waals surface area contributed by atoms with E-state index in [1.54, 1.807) is 16.7 Å². The molecule has 1 heterocycles. The maximum Gasteiger partial charge on any atom is 0.224 e. The molecule has 0 aliphatic carbocycles. The van der Waals surface area contributed by atoms with Gasteiger partial charge in [0.2, 0.25) is 5.91 Å². The summed E-state index contributed by atoms with van der Waals surface area (Å²) < 4.78 is 25.8. The minimum atomic E-state index is -0.882. The van der Waals surface area contributed by atoms with Crippen molar-refractivity contribution < 1.29 is 13.6 Å². The van der Waals surface area contributed by atoms with Crippen molar-refractivity contribution in [2.45, 2.75) is 18.9 Å². The SMILES string of the molecule is N[C@@H](CC(=O)N1CCSC1)Cc1ccc(F)c(F)c1. The zero-order valence-electron chi connectivity index (χ0n) is 10.4. The van der Waals surface area contributed by atoms with Crippen LogP contribution in [0.4, 0.5) is 8.78 Å². The summed E-state index contributed by atoms with van der Waals surface area (Å²) in [7, 11) is 0. The number of nitrogens with zero attached hydrogens (tertiary/aromatic N) is 1. The van der Waals surface area contributed by atoms with Crippen LogP contribution in [0.5, 0.6) is 0 Å². The number of hydrogen-bond acceptors (Lipinski definition) is 3. The summed E-state index contributed by atoms with van der Waals surface area (Å²) in [6.45, 7) is 0.765. The van der Waals surface area contributed by atoms with Gasteiger partial charge < -0.3 is 10.6 Å². The summed E-state index contributed by atoms with van der Waals surface area (Å²) in [5, 5.41) is 0. The molecule has 0 saturated carbocycles. The van der Waals surface area contributed by atoms with Gasteiger partial charge in [0.25, 0.3) is 0 Å². The number of benzene rings is 1. The van der Waals surface area contributed by atoms with E-state index < -0.39 is 11.6 Å². The molecule has 2 rings (SSSR count). The zero-order valence-corrected chi connectivity index (χ0v) is 11.3. The summed E-state index contributed by atoms with van der Waals surface area (Å²) in [6.07, 6.45) is 0.601. The van der Waals surface area contributed by atoms with Gasteiger partial charge in [0.05, 0.1) is 5.88 Å². The number of carbonyl (C=O) groups is 1. The van der Waals surface area contributed by atoms with E-state index in [9.17, 15) is 13.6 Å². The van der Waals surface area contributed by atoms with Gasteiger partial charge in [-0.3, -0.25) is 4.79 Å². The molecule has 0 radical (unpaired) electrons. The van der Waals surface area contributed by atoms with Crippen molar-refractivity contribution in [2.75, 3.05) is 18.2 Å². The Labute approximate surface area is 115 Å². The topological polar surface area (TPSA) is 46.3 Å². The highest BCUT2D eigenvalue weighted by Crippen LogP contribution is 2.16. The predicted molar refractivity (Wildman–Crippen MR) is 71.7 cm³/mol. The summed E-state index contributed by atoms with van der Waals surface area (Å²) >= 11 is 1.72. The van der Waals surface area contributed by atoms with E-state index in [2.05, 4.69) is 0 Å². The Morgan fingerprint density at radius 2 is 2.21 bits per heavy atom. The molecule has 1 amide bonds. The van der Waals surface area contributed by atoms with Crippen LogP contribution in [0.1, 0.15) is 12.0 Å². The maximum absolute atomic E-state index is 13.0. The highest BCUT2D eigenvalue weighted by Gasteiger charge is 2.20. The van der Waals surface area contributed by atoms with Gasteiger partial charge in [-0.1, -0.05) is 6.07 Å². The molecule has 19 heavy (non-hydrogen) atoms.